The van der Waals surface area contributed by atoms with E-state index in [4.69, 9.17) is 4.74 Å². The molecule has 0 aliphatic carbocycles. The fourth-order valence-electron chi connectivity index (χ4n) is 2.48. The van der Waals surface area contributed by atoms with Crippen molar-refractivity contribution in [1.82, 2.24) is 4.90 Å². The Morgan fingerprint density at radius 2 is 1.82 bits per heavy atom. The van der Waals surface area contributed by atoms with Crippen LogP contribution in [0.4, 0.5) is 0 Å². The second kappa shape index (κ2) is 8.10. The predicted octanol–water partition coefficient (Wildman–Crippen LogP) is 3.70. The summed E-state index contributed by atoms with van der Waals surface area (Å²) in [6, 6.07) is 0.747. The summed E-state index contributed by atoms with van der Waals surface area (Å²) in [5.41, 5.74) is 0. The third-order valence-corrected chi connectivity index (χ3v) is 3.97. The number of ether oxygens (including phenoxy) is 1. The standard InChI is InChI=1S/C15H31NO/c1-5-14(4)16-10-8-15(9-11-16)17-12-6-7-13(2)3/h13-15H,5-12H2,1-4H3. The van der Waals surface area contributed by atoms with Crippen LogP contribution in [0, 0.1) is 5.92 Å². The van der Waals surface area contributed by atoms with Gasteiger partial charge in [-0.2, -0.15) is 0 Å². The summed E-state index contributed by atoms with van der Waals surface area (Å²) in [7, 11) is 0. The minimum absolute atomic E-state index is 0.530. The lowest BCUT2D eigenvalue weighted by molar-refractivity contribution is -0.00263. The Hall–Kier alpha value is -0.0800. The first-order valence-electron chi connectivity index (χ1n) is 7.49. The summed E-state index contributed by atoms with van der Waals surface area (Å²) < 4.78 is 5.97. The third kappa shape index (κ3) is 5.87. The smallest absolute Gasteiger partial charge is 0.0599 e. The van der Waals surface area contributed by atoms with Crippen LogP contribution < -0.4 is 0 Å². The van der Waals surface area contributed by atoms with E-state index in [1.165, 1.54) is 45.2 Å². The number of piperidine rings is 1. The molecule has 0 aromatic heterocycles. The van der Waals surface area contributed by atoms with Gasteiger partial charge in [-0.3, -0.25) is 0 Å². The Morgan fingerprint density at radius 1 is 1.18 bits per heavy atom. The molecule has 0 amide bonds. The lowest BCUT2D eigenvalue weighted by Gasteiger charge is -2.35. The van der Waals surface area contributed by atoms with Crippen LogP contribution in [0.25, 0.3) is 0 Å². The molecule has 1 saturated heterocycles. The van der Waals surface area contributed by atoms with Crippen LogP contribution in [0.15, 0.2) is 0 Å². The van der Waals surface area contributed by atoms with E-state index in [2.05, 4.69) is 32.6 Å². The first-order chi connectivity index (χ1) is 8.13. The molecule has 0 radical (unpaired) electrons. The van der Waals surface area contributed by atoms with Gasteiger partial charge in [-0.25, -0.2) is 0 Å². The molecule has 102 valence electrons. The Bertz CT molecular complexity index is 185. The van der Waals surface area contributed by atoms with E-state index in [1.807, 2.05) is 0 Å². The van der Waals surface area contributed by atoms with Gasteiger partial charge in [-0.15, -0.1) is 0 Å². The maximum atomic E-state index is 5.97. The van der Waals surface area contributed by atoms with Crippen LogP contribution in [0.3, 0.4) is 0 Å². The second-order valence-corrected chi connectivity index (χ2v) is 5.90. The van der Waals surface area contributed by atoms with E-state index >= 15 is 0 Å². The summed E-state index contributed by atoms with van der Waals surface area (Å²) in [5, 5.41) is 0. The zero-order valence-electron chi connectivity index (χ0n) is 12.2. The summed E-state index contributed by atoms with van der Waals surface area (Å²) in [5.74, 6) is 0.811. The molecular formula is C15H31NO. The van der Waals surface area contributed by atoms with Crippen LogP contribution in [0.5, 0.6) is 0 Å². The van der Waals surface area contributed by atoms with E-state index in [0.29, 0.717) is 6.10 Å². The van der Waals surface area contributed by atoms with Crippen LogP contribution in [0.1, 0.15) is 59.8 Å². The van der Waals surface area contributed by atoms with Crippen LogP contribution in [0.2, 0.25) is 0 Å². The van der Waals surface area contributed by atoms with Crippen LogP contribution in [-0.4, -0.2) is 36.7 Å². The van der Waals surface area contributed by atoms with E-state index in [1.54, 1.807) is 0 Å². The van der Waals surface area contributed by atoms with Gasteiger partial charge >= 0.3 is 0 Å². The molecule has 0 bridgehead atoms. The van der Waals surface area contributed by atoms with Crippen LogP contribution in [-0.2, 0) is 4.74 Å². The molecule has 1 aliphatic heterocycles. The molecule has 1 fully saturated rings. The lowest BCUT2D eigenvalue weighted by Crippen LogP contribution is -2.41. The minimum atomic E-state index is 0.530. The third-order valence-electron chi connectivity index (χ3n) is 3.97. The highest BCUT2D eigenvalue weighted by molar-refractivity contribution is 4.75. The Kier molecular flexibility index (Phi) is 7.14. The monoisotopic (exact) mass is 241 g/mol. The fraction of sp³-hybridized carbons (Fsp3) is 1.00. The van der Waals surface area contributed by atoms with Crippen molar-refractivity contribution < 1.29 is 4.74 Å². The summed E-state index contributed by atoms with van der Waals surface area (Å²) in [6.45, 7) is 12.6. The van der Waals surface area contributed by atoms with E-state index in [0.717, 1.165) is 18.6 Å². The van der Waals surface area contributed by atoms with Gasteiger partial charge in [0, 0.05) is 25.7 Å². The number of hydrogen-bond donors (Lipinski definition) is 0. The molecule has 1 heterocycles. The molecule has 0 saturated carbocycles. The van der Waals surface area contributed by atoms with Gasteiger partial charge in [0.15, 0.2) is 0 Å². The van der Waals surface area contributed by atoms with Crippen molar-refractivity contribution in [1.29, 1.82) is 0 Å². The van der Waals surface area contributed by atoms with Gasteiger partial charge in [0.1, 0.15) is 0 Å². The van der Waals surface area contributed by atoms with Crippen LogP contribution >= 0.6 is 0 Å². The molecule has 1 unspecified atom stereocenters. The Labute approximate surface area is 108 Å². The van der Waals surface area contributed by atoms with Crippen molar-refractivity contribution in [2.75, 3.05) is 19.7 Å². The zero-order chi connectivity index (χ0) is 12.7. The highest BCUT2D eigenvalue weighted by Crippen LogP contribution is 2.17. The number of hydrogen-bond acceptors (Lipinski definition) is 2. The van der Waals surface area contributed by atoms with Crippen molar-refractivity contribution in [3.63, 3.8) is 0 Å². The van der Waals surface area contributed by atoms with Crippen molar-refractivity contribution in [2.45, 2.75) is 71.9 Å². The summed E-state index contributed by atoms with van der Waals surface area (Å²) in [6.07, 6.45) is 6.77. The predicted molar refractivity (Wildman–Crippen MR) is 74.4 cm³/mol. The first kappa shape index (κ1) is 15.0. The maximum Gasteiger partial charge on any atom is 0.0599 e. The topological polar surface area (TPSA) is 12.5 Å². The highest BCUT2D eigenvalue weighted by Gasteiger charge is 2.21. The van der Waals surface area contributed by atoms with Gasteiger partial charge in [-0.1, -0.05) is 20.8 Å². The van der Waals surface area contributed by atoms with E-state index in [-0.39, 0.29) is 0 Å². The highest BCUT2D eigenvalue weighted by atomic mass is 16.5. The molecule has 0 spiro atoms. The molecule has 1 atom stereocenters. The molecule has 2 nitrogen and oxygen atoms in total. The first-order valence-corrected chi connectivity index (χ1v) is 7.49. The SMILES string of the molecule is CCC(C)N1CCC(OCCCC(C)C)CC1. The van der Waals surface area contributed by atoms with Crippen molar-refractivity contribution >= 4 is 0 Å². The zero-order valence-corrected chi connectivity index (χ0v) is 12.2. The molecular weight excluding hydrogens is 210 g/mol. The number of nitrogens with zero attached hydrogens (tertiary/aromatic N) is 1. The van der Waals surface area contributed by atoms with Crippen molar-refractivity contribution in [2.24, 2.45) is 5.92 Å². The van der Waals surface area contributed by atoms with Gasteiger partial charge < -0.3 is 9.64 Å². The lowest BCUT2D eigenvalue weighted by atomic mass is 10.0. The molecule has 0 aromatic carbocycles. The van der Waals surface area contributed by atoms with Gasteiger partial charge in [0.2, 0.25) is 0 Å². The van der Waals surface area contributed by atoms with Crippen molar-refractivity contribution in [3.05, 3.63) is 0 Å². The molecule has 17 heavy (non-hydrogen) atoms. The molecule has 0 aromatic rings. The second-order valence-electron chi connectivity index (χ2n) is 5.90. The van der Waals surface area contributed by atoms with Gasteiger partial charge in [0.25, 0.3) is 0 Å². The van der Waals surface area contributed by atoms with Gasteiger partial charge in [-0.05, 0) is 44.9 Å². The van der Waals surface area contributed by atoms with E-state index in [9.17, 15) is 0 Å². The molecule has 1 aliphatic rings. The Balaban J connectivity index is 2.07. The van der Waals surface area contributed by atoms with Crippen molar-refractivity contribution in [3.8, 4) is 0 Å². The van der Waals surface area contributed by atoms with Gasteiger partial charge in [0.05, 0.1) is 6.10 Å². The molecule has 2 heteroatoms. The minimum Gasteiger partial charge on any atom is -0.378 e. The van der Waals surface area contributed by atoms with E-state index < -0.39 is 0 Å². The Morgan fingerprint density at radius 3 is 2.35 bits per heavy atom. The fourth-order valence-corrected chi connectivity index (χ4v) is 2.48. The average Bonchev–Trinajstić information content (AvgIpc) is 2.34. The normalized spacial score (nSPS) is 21.0. The number of rotatable bonds is 7. The quantitative estimate of drug-likeness (QED) is 0.630. The largest absolute Gasteiger partial charge is 0.378 e. The maximum absolute atomic E-state index is 5.97. The summed E-state index contributed by atoms with van der Waals surface area (Å²) >= 11 is 0. The molecule has 1 rings (SSSR count). The summed E-state index contributed by atoms with van der Waals surface area (Å²) in [4.78, 5) is 2.61. The molecule has 0 N–H and O–H groups in total. The average molecular weight is 241 g/mol. The number of likely N-dealkylation sites (tertiary alicyclic amines) is 1.